The Morgan fingerprint density at radius 3 is 2.04 bits per heavy atom. The lowest BCUT2D eigenvalue weighted by Crippen LogP contribution is -2.21. The highest BCUT2D eigenvalue weighted by Gasteiger charge is 2.05. The van der Waals surface area contributed by atoms with E-state index in [4.69, 9.17) is 9.47 Å². The second-order valence-corrected chi connectivity index (χ2v) is 5.29. The molecule has 2 rings (SSSR count). The number of carbonyl (C=O) groups excluding carboxylic acids is 2. The van der Waals surface area contributed by atoms with E-state index in [9.17, 15) is 9.59 Å². The van der Waals surface area contributed by atoms with E-state index in [1.807, 2.05) is 6.92 Å². The van der Waals surface area contributed by atoms with Crippen molar-refractivity contribution in [3.8, 4) is 11.5 Å². The molecule has 0 saturated carbocycles. The van der Waals surface area contributed by atoms with Crippen molar-refractivity contribution in [1.82, 2.24) is 5.32 Å². The van der Waals surface area contributed by atoms with Gasteiger partial charge in [-0.05, 0) is 48.9 Å². The van der Waals surface area contributed by atoms with Gasteiger partial charge in [0.05, 0.1) is 13.0 Å². The first kappa shape index (κ1) is 18.3. The SMILES string of the molecule is CCOc1ccc(OCC(=O)Nc2ccc(CC(=O)NC)cc2)cc1. The first-order valence-electron chi connectivity index (χ1n) is 8.05. The first-order chi connectivity index (χ1) is 12.1. The summed E-state index contributed by atoms with van der Waals surface area (Å²) in [4.78, 5) is 23.3. The summed E-state index contributed by atoms with van der Waals surface area (Å²) in [5.74, 6) is 1.05. The van der Waals surface area contributed by atoms with Gasteiger partial charge in [0.1, 0.15) is 11.5 Å². The van der Waals surface area contributed by atoms with Crippen LogP contribution in [0.25, 0.3) is 0 Å². The smallest absolute Gasteiger partial charge is 0.262 e. The number of carbonyl (C=O) groups is 2. The van der Waals surface area contributed by atoms with Gasteiger partial charge < -0.3 is 20.1 Å². The maximum Gasteiger partial charge on any atom is 0.262 e. The molecule has 0 atom stereocenters. The quantitative estimate of drug-likeness (QED) is 0.772. The maximum atomic E-state index is 11.9. The van der Waals surface area contributed by atoms with Crippen molar-refractivity contribution < 1.29 is 19.1 Å². The van der Waals surface area contributed by atoms with Crippen molar-refractivity contribution in [2.45, 2.75) is 13.3 Å². The van der Waals surface area contributed by atoms with Crippen molar-refractivity contribution in [3.63, 3.8) is 0 Å². The van der Waals surface area contributed by atoms with E-state index < -0.39 is 0 Å². The monoisotopic (exact) mass is 342 g/mol. The van der Waals surface area contributed by atoms with Crippen molar-refractivity contribution in [2.75, 3.05) is 25.6 Å². The molecule has 0 bridgehead atoms. The van der Waals surface area contributed by atoms with Crippen LogP contribution in [-0.4, -0.2) is 32.1 Å². The lowest BCUT2D eigenvalue weighted by molar-refractivity contribution is -0.120. The van der Waals surface area contributed by atoms with Gasteiger partial charge in [0.2, 0.25) is 5.91 Å². The predicted octanol–water partition coefficient (Wildman–Crippen LogP) is 2.39. The van der Waals surface area contributed by atoms with Crippen LogP contribution in [-0.2, 0) is 16.0 Å². The fourth-order valence-corrected chi connectivity index (χ4v) is 2.12. The molecular formula is C19H22N2O4. The standard InChI is InChI=1S/C19H22N2O4/c1-3-24-16-8-10-17(11-9-16)25-13-19(23)21-15-6-4-14(5-7-15)12-18(22)20-2/h4-11H,3,12-13H2,1-2H3,(H,20,22)(H,21,23). The average molecular weight is 342 g/mol. The second kappa shape index (κ2) is 9.32. The van der Waals surface area contributed by atoms with Gasteiger partial charge in [-0.2, -0.15) is 0 Å². The zero-order valence-corrected chi connectivity index (χ0v) is 14.4. The van der Waals surface area contributed by atoms with E-state index in [1.165, 1.54) is 0 Å². The predicted molar refractivity (Wildman–Crippen MR) is 95.9 cm³/mol. The largest absolute Gasteiger partial charge is 0.494 e. The zero-order valence-electron chi connectivity index (χ0n) is 14.4. The average Bonchev–Trinajstić information content (AvgIpc) is 2.63. The van der Waals surface area contributed by atoms with Gasteiger partial charge >= 0.3 is 0 Å². The summed E-state index contributed by atoms with van der Waals surface area (Å²) >= 11 is 0. The van der Waals surface area contributed by atoms with E-state index in [0.29, 0.717) is 24.5 Å². The molecule has 0 aliphatic rings. The topological polar surface area (TPSA) is 76.7 Å². The highest BCUT2D eigenvalue weighted by Crippen LogP contribution is 2.17. The number of anilines is 1. The third-order valence-corrected chi connectivity index (χ3v) is 3.39. The molecule has 6 nitrogen and oxygen atoms in total. The molecule has 0 fully saturated rings. The van der Waals surface area contributed by atoms with E-state index >= 15 is 0 Å². The fourth-order valence-electron chi connectivity index (χ4n) is 2.12. The van der Waals surface area contributed by atoms with Crippen LogP contribution in [0.1, 0.15) is 12.5 Å². The van der Waals surface area contributed by atoms with Gasteiger partial charge in [0.15, 0.2) is 6.61 Å². The summed E-state index contributed by atoms with van der Waals surface area (Å²) in [6.07, 6.45) is 0.311. The van der Waals surface area contributed by atoms with E-state index in [-0.39, 0.29) is 18.4 Å². The molecule has 0 aliphatic carbocycles. The van der Waals surface area contributed by atoms with Gasteiger partial charge in [-0.3, -0.25) is 9.59 Å². The van der Waals surface area contributed by atoms with Gasteiger partial charge in [0, 0.05) is 12.7 Å². The molecule has 0 radical (unpaired) electrons. The molecule has 0 spiro atoms. The number of hydrogen-bond donors (Lipinski definition) is 2. The summed E-state index contributed by atoms with van der Waals surface area (Å²) in [6.45, 7) is 2.43. The van der Waals surface area contributed by atoms with Crippen LogP contribution in [0.3, 0.4) is 0 Å². The Morgan fingerprint density at radius 2 is 1.48 bits per heavy atom. The van der Waals surface area contributed by atoms with Crippen LogP contribution in [0.15, 0.2) is 48.5 Å². The molecule has 2 aromatic rings. The Balaban J connectivity index is 1.80. The van der Waals surface area contributed by atoms with Crippen molar-refractivity contribution in [3.05, 3.63) is 54.1 Å². The maximum absolute atomic E-state index is 11.9. The Kier molecular flexibility index (Phi) is 6.83. The Labute approximate surface area is 147 Å². The number of ether oxygens (including phenoxy) is 2. The fraction of sp³-hybridized carbons (Fsp3) is 0.263. The molecule has 0 unspecified atom stereocenters. The summed E-state index contributed by atoms with van der Waals surface area (Å²) < 4.78 is 10.8. The van der Waals surface area contributed by atoms with Gasteiger partial charge in [-0.15, -0.1) is 0 Å². The Morgan fingerprint density at radius 1 is 0.880 bits per heavy atom. The van der Waals surface area contributed by atoms with Crippen LogP contribution in [0, 0.1) is 0 Å². The zero-order chi connectivity index (χ0) is 18.1. The first-order valence-corrected chi connectivity index (χ1v) is 8.05. The lowest BCUT2D eigenvalue weighted by Gasteiger charge is -2.09. The van der Waals surface area contributed by atoms with Gasteiger partial charge in [-0.25, -0.2) is 0 Å². The number of nitrogens with one attached hydrogen (secondary N) is 2. The van der Waals surface area contributed by atoms with Crippen molar-refractivity contribution >= 4 is 17.5 Å². The second-order valence-electron chi connectivity index (χ2n) is 5.29. The minimum Gasteiger partial charge on any atom is -0.494 e. The van der Waals surface area contributed by atoms with E-state index in [0.717, 1.165) is 11.3 Å². The molecule has 2 N–H and O–H groups in total. The molecule has 0 aromatic heterocycles. The van der Waals surface area contributed by atoms with Gasteiger partial charge in [0.25, 0.3) is 5.91 Å². The third kappa shape index (κ3) is 6.18. The molecule has 2 aromatic carbocycles. The Bertz CT molecular complexity index is 696. The number of benzene rings is 2. The van der Waals surface area contributed by atoms with Crippen LogP contribution in [0.2, 0.25) is 0 Å². The summed E-state index contributed by atoms with van der Waals surface area (Å²) in [5, 5.41) is 5.32. The molecule has 0 saturated heterocycles. The van der Waals surface area contributed by atoms with Crippen LogP contribution in [0.5, 0.6) is 11.5 Å². The Hall–Kier alpha value is -3.02. The lowest BCUT2D eigenvalue weighted by atomic mass is 10.1. The normalized spacial score (nSPS) is 10.0. The van der Waals surface area contributed by atoms with Crippen LogP contribution >= 0.6 is 0 Å². The summed E-state index contributed by atoms with van der Waals surface area (Å²) in [5.41, 5.74) is 1.53. The van der Waals surface area contributed by atoms with Gasteiger partial charge in [-0.1, -0.05) is 12.1 Å². The highest BCUT2D eigenvalue weighted by atomic mass is 16.5. The molecule has 132 valence electrons. The minimum atomic E-state index is -0.257. The van der Waals surface area contributed by atoms with Crippen LogP contribution < -0.4 is 20.1 Å². The van der Waals surface area contributed by atoms with E-state index in [1.54, 1.807) is 55.6 Å². The number of rotatable bonds is 8. The van der Waals surface area contributed by atoms with Crippen molar-refractivity contribution in [2.24, 2.45) is 0 Å². The molecule has 0 heterocycles. The number of likely N-dealkylation sites (N-methyl/N-ethyl adjacent to an activating group) is 1. The summed E-state index contributed by atoms with van der Waals surface area (Å²) in [6, 6.07) is 14.2. The number of amides is 2. The van der Waals surface area contributed by atoms with Crippen LogP contribution in [0.4, 0.5) is 5.69 Å². The molecular weight excluding hydrogens is 320 g/mol. The third-order valence-electron chi connectivity index (χ3n) is 3.39. The minimum absolute atomic E-state index is 0.0551. The molecule has 2 amide bonds. The molecule has 0 aliphatic heterocycles. The molecule has 6 heteroatoms. The molecule has 25 heavy (non-hydrogen) atoms. The van der Waals surface area contributed by atoms with Crippen molar-refractivity contribution in [1.29, 1.82) is 0 Å². The highest BCUT2D eigenvalue weighted by molar-refractivity contribution is 5.92. The number of hydrogen-bond acceptors (Lipinski definition) is 4. The summed E-state index contributed by atoms with van der Waals surface area (Å²) in [7, 11) is 1.60. The van der Waals surface area contributed by atoms with E-state index in [2.05, 4.69) is 10.6 Å².